The van der Waals surface area contributed by atoms with Crippen LogP contribution in [-0.4, -0.2) is 20.8 Å². The molecule has 0 aliphatic heterocycles. The van der Waals surface area contributed by atoms with Crippen molar-refractivity contribution in [2.75, 3.05) is 6.16 Å². The van der Waals surface area contributed by atoms with Gasteiger partial charge in [0.15, 0.2) is 0 Å². The van der Waals surface area contributed by atoms with Crippen LogP contribution < -0.4 is 0 Å². The Kier molecular flexibility index (Phi) is 10.3. The van der Waals surface area contributed by atoms with Crippen molar-refractivity contribution in [3.05, 3.63) is 0 Å². The zero-order chi connectivity index (χ0) is 15.6. The first-order chi connectivity index (χ1) is 9.18. The third kappa shape index (κ3) is 12.1. The van der Waals surface area contributed by atoms with Crippen LogP contribution in [0, 0.1) is 0 Å². The van der Waals surface area contributed by atoms with Crippen LogP contribution in [0.3, 0.4) is 0 Å². The maximum atomic E-state index is 11.5. The van der Waals surface area contributed by atoms with Gasteiger partial charge < -0.3 is 4.89 Å². The van der Waals surface area contributed by atoms with Gasteiger partial charge in [0.2, 0.25) is 0 Å². The second-order valence-electron chi connectivity index (χ2n) is 4.35. The first-order valence-electron chi connectivity index (χ1n) is 6.40. The monoisotopic (exact) mass is 351 g/mol. The Morgan fingerprint density at radius 3 is 2.00 bits per heavy atom. The number of rotatable bonds is 12. The lowest BCUT2D eigenvalue weighted by molar-refractivity contribution is 0.262. The quantitative estimate of drug-likeness (QED) is 0.358. The average Bonchev–Trinajstić information content (AvgIpc) is 2.24. The average molecular weight is 351 g/mol. The molecule has 0 heterocycles. The first-order valence-corrected chi connectivity index (χ1v) is 10.8. The molecule has 0 radical (unpaired) electrons. The summed E-state index contributed by atoms with van der Waals surface area (Å²) in [5.41, 5.74) is 0. The van der Waals surface area contributed by atoms with Gasteiger partial charge in [0.25, 0.3) is 0 Å². The van der Waals surface area contributed by atoms with Crippen molar-refractivity contribution in [3.63, 3.8) is 0 Å². The fourth-order valence-electron chi connectivity index (χ4n) is 1.57. The molecule has 0 bridgehead atoms. The molecule has 3 N–H and O–H groups in total. The molecule has 0 rings (SSSR count). The van der Waals surface area contributed by atoms with Crippen LogP contribution in [0.25, 0.3) is 0 Å². The zero-order valence-corrected chi connectivity index (χ0v) is 14.1. The highest BCUT2D eigenvalue weighted by atomic mass is 31.3. The highest BCUT2D eigenvalue weighted by Crippen LogP contribution is 2.63. The topological polar surface area (TPSA) is 130 Å². The maximum absolute atomic E-state index is 11.5. The van der Waals surface area contributed by atoms with E-state index in [-0.39, 0.29) is 6.16 Å². The lowest BCUT2D eigenvalue weighted by Gasteiger charge is -2.12. The molecule has 0 amide bonds. The van der Waals surface area contributed by atoms with E-state index in [4.69, 9.17) is 9.79 Å². The van der Waals surface area contributed by atoms with Gasteiger partial charge in [-0.15, -0.1) is 4.89 Å². The fraction of sp³-hybridized carbons (Fsp3) is 1.00. The van der Waals surface area contributed by atoms with Gasteiger partial charge in [0.05, 0.1) is 6.16 Å². The summed E-state index contributed by atoms with van der Waals surface area (Å²) in [6.07, 6.45) is 6.15. The zero-order valence-electron chi connectivity index (χ0n) is 11.4. The van der Waals surface area contributed by atoms with Crippen molar-refractivity contribution < 1.29 is 37.0 Å². The second kappa shape index (κ2) is 10.1. The number of hydrogen-bond donors (Lipinski definition) is 3. The van der Waals surface area contributed by atoms with Gasteiger partial charge in [0, 0.05) is 4.57 Å². The van der Waals surface area contributed by atoms with E-state index < -0.39 is 23.7 Å². The Bertz CT molecular complexity index is 385. The third-order valence-corrected chi connectivity index (χ3v) is 6.56. The normalized spacial score (nSPS) is 18.3. The minimum atomic E-state index is -4.99. The van der Waals surface area contributed by atoms with E-state index >= 15 is 0 Å². The highest BCUT2D eigenvalue weighted by molar-refractivity contribution is 7.66. The Labute approximate surface area is 119 Å². The first kappa shape index (κ1) is 20.4. The summed E-state index contributed by atoms with van der Waals surface area (Å²) < 4.78 is 40.5. The Morgan fingerprint density at radius 1 is 1.00 bits per heavy atom. The third-order valence-electron chi connectivity index (χ3n) is 2.45. The number of hydrogen-bond acceptors (Lipinski definition) is 5. The summed E-state index contributed by atoms with van der Waals surface area (Å²) in [5, 5.41) is 0. The minimum Gasteiger partial charge on any atom is -0.324 e. The molecule has 0 saturated heterocycles. The molecule has 8 nitrogen and oxygen atoms in total. The van der Waals surface area contributed by atoms with Crippen molar-refractivity contribution in [1.82, 2.24) is 0 Å². The van der Waals surface area contributed by atoms with Gasteiger partial charge >= 0.3 is 23.7 Å². The van der Waals surface area contributed by atoms with Crippen molar-refractivity contribution in [2.45, 2.75) is 51.9 Å². The Morgan fingerprint density at radius 2 is 1.50 bits per heavy atom. The van der Waals surface area contributed by atoms with Crippen LogP contribution in [0.5, 0.6) is 0 Å². The van der Waals surface area contributed by atoms with Crippen LogP contribution >= 0.6 is 23.7 Å². The van der Waals surface area contributed by atoms with Gasteiger partial charge in [-0.3, -0.25) is 9.46 Å². The van der Waals surface area contributed by atoms with Gasteiger partial charge in [-0.1, -0.05) is 45.4 Å². The predicted octanol–water partition coefficient (Wildman–Crippen LogP) is 3.71. The van der Waals surface area contributed by atoms with E-state index in [9.17, 15) is 18.6 Å². The SMILES string of the molecule is CCCCCCCCCP(=O)(O)OP(=O)(O)O[P+](=O)O. The van der Waals surface area contributed by atoms with Gasteiger partial charge in [-0.25, -0.2) is 8.88 Å². The molecule has 120 valence electrons. The summed E-state index contributed by atoms with van der Waals surface area (Å²) in [5.74, 6) is 0. The smallest absolute Gasteiger partial charge is 0.324 e. The molecule has 11 heteroatoms. The standard InChI is InChI=1S/C9H21O8P3/c1-2-3-4-5-6-7-8-9-19(12,13)17-20(14,15)16-18(10)11/h2-9H2,1H3,(H2-,10,11,12,13,14,15)/p+1. The maximum Gasteiger partial charge on any atom is 0.705 e. The molecular weight excluding hydrogens is 329 g/mol. The lowest BCUT2D eigenvalue weighted by Crippen LogP contribution is -1.95. The summed E-state index contributed by atoms with van der Waals surface area (Å²) in [6, 6.07) is 0. The molecule has 20 heavy (non-hydrogen) atoms. The van der Waals surface area contributed by atoms with Crippen molar-refractivity contribution in [2.24, 2.45) is 0 Å². The number of unbranched alkanes of at least 4 members (excludes halogenated alkanes) is 6. The molecule has 0 aromatic rings. The van der Waals surface area contributed by atoms with Crippen molar-refractivity contribution >= 4 is 23.7 Å². The van der Waals surface area contributed by atoms with Crippen LogP contribution in [-0.2, 0) is 22.3 Å². The van der Waals surface area contributed by atoms with E-state index in [1.807, 2.05) is 0 Å². The van der Waals surface area contributed by atoms with E-state index in [0.717, 1.165) is 32.1 Å². The van der Waals surface area contributed by atoms with Crippen LogP contribution in [0.1, 0.15) is 51.9 Å². The molecule has 0 aliphatic carbocycles. The van der Waals surface area contributed by atoms with E-state index in [2.05, 4.69) is 15.5 Å². The molecule has 3 unspecified atom stereocenters. The van der Waals surface area contributed by atoms with Gasteiger partial charge in [-0.2, -0.15) is 0 Å². The molecule has 0 spiro atoms. The molecule has 0 aromatic heterocycles. The summed E-state index contributed by atoms with van der Waals surface area (Å²) in [7, 11) is -12.7. The highest BCUT2D eigenvalue weighted by Gasteiger charge is 2.41. The predicted molar refractivity (Wildman–Crippen MR) is 74.5 cm³/mol. The van der Waals surface area contributed by atoms with Crippen LogP contribution in [0.15, 0.2) is 0 Å². The molecule has 0 aliphatic rings. The molecule has 0 aromatic carbocycles. The second-order valence-corrected chi connectivity index (χ2v) is 8.79. The van der Waals surface area contributed by atoms with Crippen molar-refractivity contribution in [3.8, 4) is 0 Å². The summed E-state index contributed by atoms with van der Waals surface area (Å²) >= 11 is 0. The van der Waals surface area contributed by atoms with Gasteiger partial charge in [-0.05, 0) is 10.7 Å². The van der Waals surface area contributed by atoms with E-state index in [1.165, 1.54) is 0 Å². The molecule has 0 saturated carbocycles. The minimum absolute atomic E-state index is 0.295. The largest absolute Gasteiger partial charge is 0.705 e. The van der Waals surface area contributed by atoms with Crippen molar-refractivity contribution in [1.29, 1.82) is 0 Å². The molecule has 3 atom stereocenters. The molecule has 0 fully saturated rings. The summed E-state index contributed by atoms with van der Waals surface area (Å²) in [4.78, 5) is 26.6. The van der Waals surface area contributed by atoms with E-state index in [0.29, 0.717) is 12.8 Å². The van der Waals surface area contributed by atoms with E-state index in [1.54, 1.807) is 0 Å². The Hall–Kier alpha value is 0.360. The van der Waals surface area contributed by atoms with Gasteiger partial charge in [0.1, 0.15) is 0 Å². The molecular formula is C9H22O8P3+. The van der Waals surface area contributed by atoms with Crippen LogP contribution in [0.4, 0.5) is 0 Å². The number of phosphoric acid groups is 1. The van der Waals surface area contributed by atoms with Crippen LogP contribution in [0.2, 0.25) is 0 Å². The summed E-state index contributed by atoms with van der Waals surface area (Å²) in [6.45, 7) is 2.11. The lowest BCUT2D eigenvalue weighted by atomic mass is 10.1. The fourth-order valence-corrected chi connectivity index (χ4v) is 4.91. The Balaban J connectivity index is 3.93.